The Kier molecular flexibility index (Phi) is 5.02. The van der Waals surface area contributed by atoms with Crippen LogP contribution in [0.1, 0.15) is 28.8 Å². The molecule has 1 unspecified atom stereocenters. The summed E-state index contributed by atoms with van der Waals surface area (Å²) in [4.78, 5) is 14.0. The molecular formula is C15H17ClN2O2. The number of amides is 1. The van der Waals surface area contributed by atoms with Gasteiger partial charge in [-0.15, -0.1) is 0 Å². The number of rotatable bonds is 1. The Labute approximate surface area is 123 Å². The number of carbonyl (C=O) groups is 1. The Bertz CT molecular complexity index is 563. The molecular weight excluding hydrogens is 276 g/mol. The Hall–Kier alpha value is -1.54. The summed E-state index contributed by atoms with van der Waals surface area (Å²) in [6, 6.07) is 5.04. The zero-order valence-electron chi connectivity index (χ0n) is 11.1. The van der Waals surface area contributed by atoms with Gasteiger partial charge >= 0.3 is 0 Å². The molecule has 0 saturated carbocycles. The molecule has 1 fully saturated rings. The molecule has 0 spiro atoms. The number of aliphatic hydroxyl groups is 1. The minimum atomic E-state index is -0.433. The number of benzene rings is 1. The first-order valence-corrected chi connectivity index (χ1v) is 6.95. The number of aliphatic hydroxyl groups excluding tert-OH is 1. The van der Waals surface area contributed by atoms with Crippen molar-refractivity contribution < 1.29 is 9.90 Å². The molecule has 0 bridgehead atoms. The monoisotopic (exact) mass is 292 g/mol. The van der Waals surface area contributed by atoms with Gasteiger partial charge in [0.25, 0.3) is 5.91 Å². The van der Waals surface area contributed by atoms with Crippen LogP contribution in [0.15, 0.2) is 18.2 Å². The predicted molar refractivity (Wildman–Crippen MR) is 78.5 cm³/mol. The van der Waals surface area contributed by atoms with Crippen molar-refractivity contribution in [2.45, 2.75) is 18.9 Å². The average molecular weight is 293 g/mol. The van der Waals surface area contributed by atoms with Crippen molar-refractivity contribution in [2.75, 3.05) is 19.6 Å². The highest BCUT2D eigenvalue weighted by Crippen LogP contribution is 2.20. The van der Waals surface area contributed by atoms with Crippen molar-refractivity contribution in [1.29, 1.82) is 0 Å². The fourth-order valence-corrected chi connectivity index (χ4v) is 2.45. The summed E-state index contributed by atoms with van der Waals surface area (Å²) in [5.74, 6) is 5.47. The Morgan fingerprint density at radius 1 is 1.55 bits per heavy atom. The van der Waals surface area contributed by atoms with Crippen LogP contribution in [0, 0.1) is 11.8 Å². The number of nitrogens with two attached hydrogens (primary N) is 1. The topological polar surface area (TPSA) is 66.6 Å². The number of likely N-dealkylation sites (tertiary alicyclic amines) is 1. The minimum absolute atomic E-state index is 0.107. The third kappa shape index (κ3) is 3.51. The van der Waals surface area contributed by atoms with Crippen LogP contribution in [0.5, 0.6) is 0 Å². The summed E-state index contributed by atoms with van der Waals surface area (Å²) in [6.45, 7) is 1.32. The van der Waals surface area contributed by atoms with Gasteiger partial charge < -0.3 is 15.7 Å². The van der Waals surface area contributed by atoms with Crippen LogP contribution in [-0.2, 0) is 0 Å². The Balaban J connectivity index is 2.16. The van der Waals surface area contributed by atoms with E-state index in [1.807, 2.05) is 0 Å². The molecule has 1 aromatic rings. The van der Waals surface area contributed by atoms with E-state index in [0.29, 0.717) is 29.2 Å². The molecule has 2 rings (SSSR count). The number of carbonyl (C=O) groups excluding carboxylic acids is 1. The van der Waals surface area contributed by atoms with Gasteiger partial charge in [-0.05, 0) is 31.0 Å². The largest absolute Gasteiger partial charge is 0.391 e. The lowest BCUT2D eigenvalue weighted by Crippen LogP contribution is -2.42. The molecule has 4 nitrogen and oxygen atoms in total. The first kappa shape index (κ1) is 14.9. The van der Waals surface area contributed by atoms with Crippen LogP contribution < -0.4 is 5.73 Å². The lowest BCUT2D eigenvalue weighted by atomic mass is 10.1. The fourth-order valence-electron chi connectivity index (χ4n) is 2.22. The molecule has 1 amide bonds. The number of piperidine rings is 1. The molecule has 1 aromatic carbocycles. The fraction of sp³-hybridized carbons (Fsp3) is 0.400. The zero-order chi connectivity index (χ0) is 14.5. The van der Waals surface area contributed by atoms with Crippen LogP contribution in [0.25, 0.3) is 0 Å². The maximum atomic E-state index is 12.3. The molecule has 1 aliphatic heterocycles. The van der Waals surface area contributed by atoms with Crippen LogP contribution in [0.2, 0.25) is 5.02 Å². The van der Waals surface area contributed by atoms with Crippen LogP contribution in [-0.4, -0.2) is 41.7 Å². The summed E-state index contributed by atoms with van der Waals surface area (Å²) in [7, 11) is 0. The molecule has 20 heavy (non-hydrogen) atoms. The van der Waals surface area contributed by atoms with Crippen LogP contribution in [0.3, 0.4) is 0 Å². The maximum Gasteiger partial charge on any atom is 0.253 e. The third-order valence-corrected chi connectivity index (χ3v) is 3.54. The van der Waals surface area contributed by atoms with E-state index in [0.717, 1.165) is 12.8 Å². The lowest BCUT2D eigenvalue weighted by molar-refractivity contribution is 0.0474. The summed E-state index contributed by atoms with van der Waals surface area (Å²) in [5.41, 5.74) is 6.49. The predicted octanol–water partition coefficient (Wildman–Crippen LogP) is 1.25. The number of β-amino-alcohol motifs (C(OH)–C–C–N with tert-alkyl or cyclic N) is 1. The van der Waals surface area contributed by atoms with Gasteiger partial charge in [0.15, 0.2) is 0 Å². The van der Waals surface area contributed by atoms with E-state index in [1.54, 1.807) is 23.1 Å². The van der Waals surface area contributed by atoms with Crippen LogP contribution >= 0.6 is 11.6 Å². The number of hydrogen-bond donors (Lipinski definition) is 2. The Morgan fingerprint density at radius 2 is 2.35 bits per heavy atom. The van der Waals surface area contributed by atoms with Crippen molar-refractivity contribution in [1.82, 2.24) is 4.90 Å². The summed E-state index contributed by atoms with van der Waals surface area (Å²) < 4.78 is 0. The van der Waals surface area contributed by atoms with Crippen molar-refractivity contribution in [3.05, 3.63) is 34.3 Å². The van der Waals surface area contributed by atoms with Gasteiger partial charge in [0.1, 0.15) is 0 Å². The van der Waals surface area contributed by atoms with Crippen molar-refractivity contribution in [2.24, 2.45) is 5.73 Å². The second-order valence-corrected chi connectivity index (χ2v) is 5.15. The van der Waals surface area contributed by atoms with E-state index in [1.165, 1.54) is 0 Å². The van der Waals surface area contributed by atoms with Gasteiger partial charge in [0.2, 0.25) is 0 Å². The van der Waals surface area contributed by atoms with Crippen molar-refractivity contribution in [3.63, 3.8) is 0 Å². The first-order chi connectivity index (χ1) is 9.61. The van der Waals surface area contributed by atoms with E-state index in [9.17, 15) is 9.90 Å². The molecule has 0 radical (unpaired) electrons. The number of halogens is 1. The molecule has 0 aromatic heterocycles. The van der Waals surface area contributed by atoms with E-state index in [2.05, 4.69) is 11.8 Å². The van der Waals surface area contributed by atoms with Gasteiger partial charge in [-0.1, -0.05) is 23.4 Å². The second kappa shape index (κ2) is 6.76. The SMILES string of the molecule is NCC#Cc1ccc(C(=O)N2CCCC(O)C2)cc1Cl. The van der Waals surface area contributed by atoms with Crippen molar-refractivity contribution in [3.8, 4) is 11.8 Å². The highest BCUT2D eigenvalue weighted by Gasteiger charge is 2.23. The first-order valence-electron chi connectivity index (χ1n) is 6.57. The van der Waals surface area contributed by atoms with Crippen LogP contribution in [0.4, 0.5) is 0 Å². The molecule has 1 heterocycles. The lowest BCUT2D eigenvalue weighted by Gasteiger charge is -2.30. The van der Waals surface area contributed by atoms with Gasteiger partial charge in [-0.3, -0.25) is 4.79 Å². The number of nitrogens with zero attached hydrogens (tertiary/aromatic N) is 1. The summed E-state index contributed by atoms with van der Waals surface area (Å²) >= 11 is 6.11. The van der Waals surface area contributed by atoms with Gasteiger partial charge in [-0.2, -0.15) is 0 Å². The van der Waals surface area contributed by atoms with Gasteiger partial charge in [0, 0.05) is 24.2 Å². The van der Waals surface area contributed by atoms with E-state index in [4.69, 9.17) is 17.3 Å². The normalized spacial score (nSPS) is 18.4. The molecule has 5 heteroatoms. The number of hydrogen-bond acceptors (Lipinski definition) is 3. The zero-order valence-corrected chi connectivity index (χ0v) is 11.9. The highest BCUT2D eigenvalue weighted by atomic mass is 35.5. The quantitative estimate of drug-likeness (QED) is 0.766. The summed E-state index contributed by atoms with van der Waals surface area (Å²) in [6.07, 6.45) is 1.14. The highest BCUT2D eigenvalue weighted by molar-refractivity contribution is 6.32. The third-order valence-electron chi connectivity index (χ3n) is 3.22. The van der Waals surface area contributed by atoms with Crippen molar-refractivity contribution >= 4 is 17.5 Å². The Morgan fingerprint density at radius 3 is 3.00 bits per heavy atom. The molecule has 1 aliphatic rings. The molecule has 0 aliphatic carbocycles. The van der Waals surface area contributed by atoms with E-state index < -0.39 is 6.10 Å². The van der Waals surface area contributed by atoms with Gasteiger partial charge in [0.05, 0.1) is 17.7 Å². The minimum Gasteiger partial charge on any atom is -0.391 e. The maximum absolute atomic E-state index is 12.3. The summed E-state index contributed by atoms with van der Waals surface area (Å²) in [5, 5.41) is 10.1. The standard InChI is InChI=1S/C15H17ClN2O2/c16-14-9-12(6-5-11(14)3-1-7-17)15(20)18-8-2-4-13(19)10-18/h5-6,9,13,19H,2,4,7-8,10,17H2. The van der Waals surface area contributed by atoms with Gasteiger partial charge in [-0.25, -0.2) is 0 Å². The molecule has 106 valence electrons. The molecule has 1 atom stereocenters. The molecule has 3 N–H and O–H groups in total. The van der Waals surface area contributed by atoms with E-state index in [-0.39, 0.29) is 12.5 Å². The second-order valence-electron chi connectivity index (χ2n) is 4.75. The average Bonchev–Trinajstić information content (AvgIpc) is 2.45. The molecule has 1 saturated heterocycles. The van der Waals surface area contributed by atoms with E-state index >= 15 is 0 Å². The smallest absolute Gasteiger partial charge is 0.253 e.